The molecule has 1 aliphatic heterocycles. The first-order chi connectivity index (χ1) is 11.8. The summed E-state index contributed by atoms with van der Waals surface area (Å²) in [4.78, 5) is 20.2. The van der Waals surface area contributed by atoms with Gasteiger partial charge in [-0.3, -0.25) is 0 Å². The van der Waals surface area contributed by atoms with Crippen molar-refractivity contribution in [3.63, 3.8) is 0 Å². The molecule has 0 aliphatic carbocycles. The smallest absolute Gasteiger partial charge is 0.433 e. The molecule has 0 bridgehead atoms. The summed E-state index contributed by atoms with van der Waals surface area (Å²) in [7, 11) is 0. The molecule has 1 saturated heterocycles. The highest BCUT2D eigenvalue weighted by molar-refractivity contribution is 5.78. The zero-order valence-corrected chi connectivity index (χ0v) is 12.8. The fraction of sp³-hybridized carbons (Fsp3) is 0.312. The molecular weight excluding hydrogens is 342 g/mol. The standard InChI is InChI=1S/C16H13F4N3O2/c17-10-5-3-9(4-6-10)11-8-13(16(18,19)20)22-15(21-11)23-7-1-2-12(23)14(24)25/h3-6,8,12H,1-2,7H2,(H,24,25)/t12-/m0/s1. The van der Waals surface area contributed by atoms with Crippen molar-refractivity contribution in [2.45, 2.75) is 25.1 Å². The van der Waals surface area contributed by atoms with E-state index in [0.29, 0.717) is 12.8 Å². The Kier molecular flexibility index (Phi) is 4.32. The predicted molar refractivity (Wildman–Crippen MR) is 80.4 cm³/mol. The van der Waals surface area contributed by atoms with Crippen LogP contribution in [-0.4, -0.2) is 33.6 Å². The number of carbonyl (C=O) groups is 1. The minimum atomic E-state index is -4.72. The molecule has 1 N–H and O–H groups in total. The average Bonchev–Trinajstić information content (AvgIpc) is 3.04. The maximum absolute atomic E-state index is 13.2. The van der Waals surface area contributed by atoms with Gasteiger partial charge < -0.3 is 10.0 Å². The largest absolute Gasteiger partial charge is 0.480 e. The zero-order chi connectivity index (χ0) is 18.2. The number of carboxylic acid groups (broad SMARTS) is 1. The zero-order valence-electron chi connectivity index (χ0n) is 12.8. The summed E-state index contributed by atoms with van der Waals surface area (Å²) in [6.45, 7) is 0.251. The van der Waals surface area contributed by atoms with Gasteiger partial charge in [-0.15, -0.1) is 0 Å². The van der Waals surface area contributed by atoms with Gasteiger partial charge >= 0.3 is 12.1 Å². The number of aliphatic carboxylic acids is 1. The molecule has 0 spiro atoms. The number of nitrogens with zero attached hydrogens (tertiary/aromatic N) is 3. The van der Waals surface area contributed by atoms with Crippen LogP contribution in [0.2, 0.25) is 0 Å². The molecule has 1 aromatic carbocycles. The van der Waals surface area contributed by atoms with Crippen molar-refractivity contribution >= 4 is 11.9 Å². The van der Waals surface area contributed by atoms with E-state index in [1.165, 1.54) is 17.0 Å². The Morgan fingerprint density at radius 1 is 1.20 bits per heavy atom. The molecule has 0 saturated carbocycles. The summed E-state index contributed by atoms with van der Waals surface area (Å²) < 4.78 is 52.6. The van der Waals surface area contributed by atoms with Crippen LogP contribution in [0.15, 0.2) is 30.3 Å². The minimum Gasteiger partial charge on any atom is -0.480 e. The third-order valence-corrected chi connectivity index (χ3v) is 3.94. The van der Waals surface area contributed by atoms with Gasteiger partial charge in [-0.05, 0) is 43.2 Å². The molecule has 1 fully saturated rings. The lowest BCUT2D eigenvalue weighted by molar-refractivity contribution is -0.141. The molecule has 0 amide bonds. The van der Waals surface area contributed by atoms with Crippen molar-refractivity contribution in [2.75, 3.05) is 11.4 Å². The van der Waals surface area contributed by atoms with Gasteiger partial charge in [0.2, 0.25) is 5.95 Å². The maximum Gasteiger partial charge on any atom is 0.433 e. The molecule has 9 heteroatoms. The van der Waals surface area contributed by atoms with Crippen LogP contribution in [0.4, 0.5) is 23.5 Å². The Morgan fingerprint density at radius 3 is 2.48 bits per heavy atom. The van der Waals surface area contributed by atoms with E-state index in [0.717, 1.165) is 18.2 Å². The molecule has 0 unspecified atom stereocenters. The highest BCUT2D eigenvalue weighted by Crippen LogP contribution is 2.33. The number of alkyl halides is 3. The van der Waals surface area contributed by atoms with Crippen LogP contribution in [-0.2, 0) is 11.0 Å². The number of hydrogen-bond donors (Lipinski definition) is 1. The van der Waals surface area contributed by atoms with E-state index >= 15 is 0 Å². The Morgan fingerprint density at radius 2 is 1.88 bits per heavy atom. The fourth-order valence-electron chi connectivity index (χ4n) is 2.74. The molecule has 1 atom stereocenters. The summed E-state index contributed by atoms with van der Waals surface area (Å²) in [5.74, 6) is -1.96. The number of benzene rings is 1. The molecule has 1 aromatic heterocycles. The van der Waals surface area contributed by atoms with Crippen molar-refractivity contribution in [3.8, 4) is 11.3 Å². The van der Waals surface area contributed by atoms with Gasteiger partial charge in [0.1, 0.15) is 11.9 Å². The van der Waals surface area contributed by atoms with Crippen molar-refractivity contribution < 1.29 is 27.5 Å². The van der Waals surface area contributed by atoms with Gasteiger partial charge in [0.25, 0.3) is 0 Å². The molecule has 1 aliphatic rings. The highest BCUT2D eigenvalue weighted by Gasteiger charge is 2.37. The van der Waals surface area contributed by atoms with E-state index in [1.807, 2.05) is 0 Å². The van der Waals surface area contributed by atoms with Crippen LogP contribution in [0, 0.1) is 5.82 Å². The molecule has 2 aromatic rings. The molecule has 3 rings (SSSR count). The lowest BCUT2D eigenvalue weighted by atomic mass is 10.1. The van der Waals surface area contributed by atoms with Crippen molar-refractivity contribution in [1.82, 2.24) is 9.97 Å². The summed E-state index contributed by atoms with van der Waals surface area (Å²) >= 11 is 0. The third-order valence-electron chi connectivity index (χ3n) is 3.94. The van der Waals surface area contributed by atoms with Crippen LogP contribution >= 0.6 is 0 Å². The summed E-state index contributed by atoms with van der Waals surface area (Å²) in [6.07, 6.45) is -3.89. The van der Waals surface area contributed by atoms with E-state index in [1.54, 1.807) is 0 Å². The van der Waals surface area contributed by atoms with Gasteiger partial charge in [-0.25, -0.2) is 19.2 Å². The SMILES string of the molecule is O=C(O)[C@@H]1CCCN1c1nc(-c2ccc(F)cc2)cc(C(F)(F)F)n1. The lowest BCUT2D eigenvalue weighted by Gasteiger charge is -2.22. The first-order valence-corrected chi connectivity index (χ1v) is 7.47. The van der Waals surface area contributed by atoms with Gasteiger partial charge in [0.15, 0.2) is 5.69 Å². The van der Waals surface area contributed by atoms with Crippen LogP contribution < -0.4 is 4.90 Å². The van der Waals surface area contributed by atoms with Gasteiger partial charge in [-0.1, -0.05) is 0 Å². The number of halogens is 4. The number of anilines is 1. The first kappa shape index (κ1) is 17.1. The van der Waals surface area contributed by atoms with Crippen molar-refractivity contribution in [2.24, 2.45) is 0 Å². The van der Waals surface area contributed by atoms with E-state index in [-0.39, 0.29) is 23.8 Å². The number of aromatic nitrogens is 2. The summed E-state index contributed by atoms with van der Waals surface area (Å²) in [5, 5.41) is 9.23. The maximum atomic E-state index is 13.2. The normalized spacial score (nSPS) is 17.8. The molecular formula is C16H13F4N3O2. The van der Waals surface area contributed by atoms with E-state index in [4.69, 9.17) is 0 Å². The second-order valence-corrected chi connectivity index (χ2v) is 5.63. The van der Waals surface area contributed by atoms with Crippen molar-refractivity contribution in [1.29, 1.82) is 0 Å². The molecule has 5 nitrogen and oxygen atoms in total. The minimum absolute atomic E-state index is 0.0478. The summed E-state index contributed by atoms with van der Waals surface area (Å²) in [5.41, 5.74) is -0.942. The van der Waals surface area contributed by atoms with Crippen LogP contribution in [0.25, 0.3) is 11.3 Å². The van der Waals surface area contributed by atoms with Crippen LogP contribution in [0.3, 0.4) is 0 Å². The number of carboxylic acids is 1. The monoisotopic (exact) mass is 355 g/mol. The molecule has 2 heterocycles. The molecule has 25 heavy (non-hydrogen) atoms. The van der Waals surface area contributed by atoms with Crippen molar-refractivity contribution in [3.05, 3.63) is 41.8 Å². The van der Waals surface area contributed by atoms with Gasteiger partial charge in [-0.2, -0.15) is 13.2 Å². The van der Waals surface area contributed by atoms with Gasteiger partial charge in [0, 0.05) is 12.1 Å². The number of hydrogen-bond acceptors (Lipinski definition) is 4. The van der Waals surface area contributed by atoms with Crippen LogP contribution in [0.1, 0.15) is 18.5 Å². The van der Waals surface area contributed by atoms with E-state index in [2.05, 4.69) is 9.97 Å². The Hall–Kier alpha value is -2.71. The van der Waals surface area contributed by atoms with E-state index < -0.39 is 29.7 Å². The second kappa shape index (κ2) is 6.30. The Balaban J connectivity index is 2.10. The van der Waals surface area contributed by atoms with Crippen LogP contribution in [0.5, 0.6) is 0 Å². The summed E-state index contributed by atoms with van der Waals surface area (Å²) in [6, 6.07) is 4.63. The van der Waals surface area contributed by atoms with Gasteiger partial charge in [0.05, 0.1) is 5.69 Å². The highest BCUT2D eigenvalue weighted by atomic mass is 19.4. The third kappa shape index (κ3) is 3.54. The Bertz CT molecular complexity index is 793. The molecule has 0 radical (unpaired) electrons. The second-order valence-electron chi connectivity index (χ2n) is 5.63. The average molecular weight is 355 g/mol. The predicted octanol–water partition coefficient (Wildman–Crippen LogP) is 3.35. The quantitative estimate of drug-likeness (QED) is 0.856. The van der Waals surface area contributed by atoms with E-state index in [9.17, 15) is 27.5 Å². The molecule has 132 valence electrons. The number of rotatable bonds is 3. The topological polar surface area (TPSA) is 66.3 Å². The lowest BCUT2D eigenvalue weighted by Crippen LogP contribution is -2.37. The fourth-order valence-corrected chi connectivity index (χ4v) is 2.74. The first-order valence-electron chi connectivity index (χ1n) is 7.47. The Labute approximate surface area is 139 Å².